The van der Waals surface area contributed by atoms with Crippen LogP contribution in [0.25, 0.3) is 0 Å². The van der Waals surface area contributed by atoms with Gasteiger partial charge in [-0.25, -0.2) is 4.79 Å². The Kier molecular flexibility index (Phi) is 3.68. The summed E-state index contributed by atoms with van der Waals surface area (Å²) >= 11 is 0. The SMILES string of the molecule is CC(=O)N(C)C(C(=O)O)C1CCC(C)O1. The van der Waals surface area contributed by atoms with Crippen LogP contribution in [0.3, 0.4) is 0 Å². The zero-order valence-electron chi connectivity index (χ0n) is 9.27. The lowest BCUT2D eigenvalue weighted by atomic mass is 10.1. The number of hydrogen-bond acceptors (Lipinski definition) is 3. The molecule has 15 heavy (non-hydrogen) atoms. The van der Waals surface area contributed by atoms with Crippen LogP contribution in [0.2, 0.25) is 0 Å². The van der Waals surface area contributed by atoms with E-state index in [1.54, 1.807) is 0 Å². The maximum Gasteiger partial charge on any atom is 0.329 e. The molecule has 1 aliphatic heterocycles. The zero-order chi connectivity index (χ0) is 11.6. The van der Waals surface area contributed by atoms with Crippen LogP contribution >= 0.6 is 0 Å². The average Bonchev–Trinajstić information content (AvgIpc) is 2.51. The Morgan fingerprint density at radius 1 is 1.47 bits per heavy atom. The highest BCUT2D eigenvalue weighted by atomic mass is 16.5. The summed E-state index contributed by atoms with van der Waals surface area (Å²) in [7, 11) is 1.49. The van der Waals surface area contributed by atoms with E-state index in [4.69, 9.17) is 9.84 Å². The maximum absolute atomic E-state index is 11.1. The molecule has 1 aliphatic rings. The molecule has 0 aromatic heterocycles. The number of carboxylic acids is 1. The fraction of sp³-hybridized carbons (Fsp3) is 0.800. The van der Waals surface area contributed by atoms with E-state index in [2.05, 4.69) is 0 Å². The highest BCUT2D eigenvalue weighted by Gasteiger charge is 2.37. The molecule has 0 bridgehead atoms. The number of carboxylic acid groups (broad SMARTS) is 1. The Morgan fingerprint density at radius 2 is 2.07 bits per heavy atom. The van der Waals surface area contributed by atoms with Crippen molar-refractivity contribution in [1.82, 2.24) is 4.90 Å². The van der Waals surface area contributed by atoms with Gasteiger partial charge in [-0.15, -0.1) is 0 Å². The first kappa shape index (κ1) is 12.0. The van der Waals surface area contributed by atoms with Crippen molar-refractivity contribution in [3.05, 3.63) is 0 Å². The number of hydrogen-bond donors (Lipinski definition) is 1. The molecule has 1 amide bonds. The second-order valence-corrected chi connectivity index (χ2v) is 3.98. The van der Waals surface area contributed by atoms with Gasteiger partial charge in [0, 0.05) is 14.0 Å². The molecule has 0 aromatic rings. The third kappa shape index (κ3) is 2.68. The summed E-state index contributed by atoms with van der Waals surface area (Å²) < 4.78 is 5.48. The van der Waals surface area contributed by atoms with Crippen LogP contribution in [-0.2, 0) is 14.3 Å². The summed E-state index contributed by atoms with van der Waals surface area (Å²) in [5.74, 6) is -1.27. The lowest BCUT2D eigenvalue weighted by Gasteiger charge is -2.28. The molecule has 5 heteroatoms. The number of carbonyl (C=O) groups is 2. The number of rotatable bonds is 3. The topological polar surface area (TPSA) is 66.8 Å². The quantitative estimate of drug-likeness (QED) is 0.743. The minimum absolute atomic E-state index is 0.0807. The van der Waals surface area contributed by atoms with Gasteiger partial charge < -0.3 is 14.7 Å². The molecule has 86 valence electrons. The molecule has 1 saturated heterocycles. The van der Waals surface area contributed by atoms with E-state index in [0.29, 0.717) is 6.42 Å². The van der Waals surface area contributed by atoms with E-state index >= 15 is 0 Å². The molecule has 1 fully saturated rings. The summed E-state index contributed by atoms with van der Waals surface area (Å²) in [6, 6.07) is -0.868. The van der Waals surface area contributed by atoms with E-state index in [0.717, 1.165) is 6.42 Å². The van der Waals surface area contributed by atoms with Gasteiger partial charge in [0.05, 0.1) is 12.2 Å². The monoisotopic (exact) mass is 215 g/mol. The molecule has 1 rings (SSSR count). The molecule has 0 aliphatic carbocycles. The molecule has 3 unspecified atom stereocenters. The third-order valence-corrected chi connectivity index (χ3v) is 2.78. The number of nitrogens with zero attached hydrogens (tertiary/aromatic N) is 1. The number of aliphatic carboxylic acids is 1. The molecule has 5 nitrogen and oxygen atoms in total. The van der Waals surface area contributed by atoms with Crippen molar-refractivity contribution >= 4 is 11.9 Å². The smallest absolute Gasteiger partial charge is 0.329 e. The first-order valence-electron chi connectivity index (χ1n) is 5.05. The van der Waals surface area contributed by atoms with Gasteiger partial charge in [-0.1, -0.05) is 0 Å². The summed E-state index contributed by atoms with van der Waals surface area (Å²) in [5, 5.41) is 9.07. The summed E-state index contributed by atoms with van der Waals surface area (Å²) in [6.07, 6.45) is 1.24. The van der Waals surface area contributed by atoms with E-state index in [9.17, 15) is 9.59 Å². The summed E-state index contributed by atoms with van der Waals surface area (Å²) in [6.45, 7) is 3.26. The molecule has 0 spiro atoms. The largest absolute Gasteiger partial charge is 0.480 e. The van der Waals surface area contributed by atoms with Gasteiger partial charge >= 0.3 is 5.97 Å². The van der Waals surface area contributed by atoms with E-state index in [1.165, 1.54) is 18.9 Å². The van der Waals surface area contributed by atoms with Gasteiger partial charge in [0.2, 0.25) is 5.91 Å². The Bertz CT molecular complexity index is 266. The van der Waals surface area contributed by atoms with Crippen LogP contribution in [0.4, 0.5) is 0 Å². The lowest BCUT2D eigenvalue weighted by molar-refractivity contribution is -0.154. The van der Waals surface area contributed by atoms with Crippen molar-refractivity contribution in [2.45, 2.75) is 44.9 Å². The van der Waals surface area contributed by atoms with Gasteiger partial charge in [-0.2, -0.15) is 0 Å². The van der Waals surface area contributed by atoms with E-state index in [-0.39, 0.29) is 18.1 Å². The fourth-order valence-electron chi connectivity index (χ4n) is 1.84. The number of carbonyl (C=O) groups excluding carboxylic acids is 1. The fourth-order valence-corrected chi connectivity index (χ4v) is 1.84. The van der Waals surface area contributed by atoms with Crippen molar-refractivity contribution < 1.29 is 19.4 Å². The van der Waals surface area contributed by atoms with Crippen molar-refractivity contribution in [1.29, 1.82) is 0 Å². The van der Waals surface area contributed by atoms with E-state index < -0.39 is 12.0 Å². The van der Waals surface area contributed by atoms with Gasteiger partial charge in [0.25, 0.3) is 0 Å². The second kappa shape index (κ2) is 4.61. The van der Waals surface area contributed by atoms with Crippen molar-refractivity contribution in [2.75, 3.05) is 7.05 Å². The second-order valence-electron chi connectivity index (χ2n) is 3.98. The zero-order valence-corrected chi connectivity index (χ0v) is 9.27. The molecule has 3 atom stereocenters. The first-order chi connectivity index (χ1) is 6.93. The molecule has 0 saturated carbocycles. The highest BCUT2D eigenvalue weighted by Crippen LogP contribution is 2.24. The maximum atomic E-state index is 11.1. The molecule has 0 radical (unpaired) electrons. The van der Waals surface area contributed by atoms with Crippen LogP contribution in [0, 0.1) is 0 Å². The van der Waals surface area contributed by atoms with Crippen LogP contribution in [-0.4, -0.2) is 47.2 Å². The predicted octanol–water partition coefficient (Wildman–Crippen LogP) is 0.485. The summed E-state index contributed by atoms with van der Waals surface area (Å²) in [5.41, 5.74) is 0. The molecule has 0 aromatic carbocycles. The number of likely N-dealkylation sites (N-methyl/N-ethyl adjacent to an activating group) is 1. The molecule has 1 N–H and O–H groups in total. The minimum atomic E-state index is -1.01. The average molecular weight is 215 g/mol. The normalized spacial score (nSPS) is 27.4. The van der Waals surface area contributed by atoms with Gasteiger partial charge in [-0.05, 0) is 19.8 Å². The van der Waals surface area contributed by atoms with Gasteiger partial charge in [-0.3, -0.25) is 4.79 Å². The summed E-state index contributed by atoms with van der Waals surface area (Å²) in [4.78, 5) is 23.4. The standard InChI is InChI=1S/C10H17NO4/c1-6-4-5-8(15-6)9(10(13)14)11(3)7(2)12/h6,8-9H,4-5H2,1-3H3,(H,13,14). The molecular weight excluding hydrogens is 198 g/mol. The van der Waals surface area contributed by atoms with Crippen LogP contribution < -0.4 is 0 Å². The Morgan fingerprint density at radius 3 is 2.40 bits per heavy atom. The van der Waals surface area contributed by atoms with Crippen molar-refractivity contribution in [3.63, 3.8) is 0 Å². The van der Waals surface area contributed by atoms with Crippen LogP contribution in [0.5, 0.6) is 0 Å². The molecular formula is C10H17NO4. The highest BCUT2D eigenvalue weighted by molar-refractivity contribution is 5.82. The lowest BCUT2D eigenvalue weighted by Crippen LogP contribution is -2.49. The predicted molar refractivity (Wildman–Crippen MR) is 53.4 cm³/mol. The molecule has 1 heterocycles. The van der Waals surface area contributed by atoms with Gasteiger partial charge in [0.1, 0.15) is 0 Å². The van der Waals surface area contributed by atoms with Crippen molar-refractivity contribution in [3.8, 4) is 0 Å². The van der Waals surface area contributed by atoms with Crippen LogP contribution in [0.15, 0.2) is 0 Å². The Balaban J connectivity index is 2.74. The number of amides is 1. The van der Waals surface area contributed by atoms with E-state index in [1.807, 2.05) is 6.92 Å². The Labute approximate surface area is 89.0 Å². The van der Waals surface area contributed by atoms with Crippen molar-refractivity contribution in [2.24, 2.45) is 0 Å². The minimum Gasteiger partial charge on any atom is -0.480 e. The Hall–Kier alpha value is -1.10. The van der Waals surface area contributed by atoms with Crippen LogP contribution in [0.1, 0.15) is 26.7 Å². The number of ether oxygens (including phenoxy) is 1. The van der Waals surface area contributed by atoms with Gasteiger partial charge in [0.15, 0.2) is 6.04 Å². The third-order valence-electron chi connectivity index (χ3n) is 2.78. The first-order valence-corrected chi connectivity index (χ1v) is 5.05.